The molecule has 0 amide bonds. The van der Waals surface area contributed by atoms with Crippen LogP contribution in [0.15, 0.2) is 0 Å². The van der Waals surface area contributed by atoms with Gasteiger partial charge in [-0.1, -0.05) is 0 Å². The first kappa shape index (κ1) is 11.4. The number of hydrogen-bond donors (Lipinski definition) is 1. The topological polar surface area (TPSA) is 42.3 Å². The van der Waals surface area contributed by atoms with Gasteiger partial charge in [-0.25, -0.2) is 0 Å². The first-order valence-electron chi connectivity index (χ1n) is 5.72. The molecular weight excluding hydrogens is 204 g/mol. The molecule has 5 nitrogen and oxygen atoms in total. The second-order valence-electron chi connectivity index (χ2n) is 4.17. The fourth-order valence-corrected chi connectivity index (χ4v) is 2.19. The fraction of sp³-hybridized carbons (Fsp3) is 0.727. The molecule has 0 aromatic carbocycles. The molecule has 1 aliphatic rings. The van der Waals surface area contributed by atoms with Gasteiger partial charge in [0.1, 0.15) is 5.82 Å². The Kier molecular flexibility index (Phi) is 3.46. The van der Waals surface area contributed by atoms with Crippen LogP contribution >= 0.6 is 0 Å². The lowest BCUT2D eigenvalue weighted by Gasteiger charge is -2.26. The third-order valence-electron chi connectivity index (χ3n) is 3.07. The van der Waals surface area contributed by atoms with E-state index in [1.54, 1.807) is 0 Å². The van der Waals surface area contributed by atoms with Crippen molar-refractivity contribution in [2.24, 2.45) is 7.05 Å². The monoisotopic (exact) mass is 224 g/mol. The summed E-state index contributed by atoms with van der Waals surface area (Å²) < 4.78 is 7.26. The molecule has 90 valence electrons. The number of rotatable bonds is 3. The summed E-state index contributed by atoms with van der Waals surface area (Å²) in [5.41, 5.74) is 2.41. The molecule has 0 aliphatic carbocycles. The molecule has 0 spiro atoms. The van der Waals surface area contributed by atoms with Gasteiger partial charge in [0.05, 0.1) is 18.9 Å². The van der Waals surface area contributed by atoms with Crippen LogP contribution in [0.5, 0.6) is 0 Å². The molecule has 5 heteroatoms. The number of nitrogens with one attached hydrogen (secondary N) is 1. The predicted molar refractivity (Wildman–Crippen MR) is 63.6 cm³/mol. The molecule has 16 heavy (non-hydrogen) atoms. The maximum absolute atomic E-state index is 5.35. The van der Waals surface area contributed by atoms with Crippen LogP contribution in [0.2, 0.25) is 0 Å². The van der Waals surface area contributed by atoms with Crippen molar-refractivity contribution in [3.8, 4) is 0 Å². The van der Waals surface area contributed by atoms with Gasteiger partial charge in [-0.15, -0.1) is 0 Å². The number of aromatic nitrogens is 2. The molecule has 1 aliphatic heterocycles. The fourth-order valence-electron chi connectivity index (χ4n) is 2.19. The van der Waals surface area contributed by atoms with Crippen LogP contribution in [0.1, 0.15) is 11.3 Å². The third-order valence-corrected chi connectivity index (χ3v) is 3.07. The number of aryl methyl sites for hydroxylation is 2. The van der Waals surface area contributed by atoms with E-state index in [0.717, 1.165) is 44.4 Å². The molecule has 0 atom stereocenters. The van der Waals surface area contributed by atoms with E-state index >= 15 is 0 Å². The number of nitrogens with zero attached hydrogens (tertiary/aromatic N) is 3. The van der Waals surface area contributed by atoms with Crippen molar-refractivity contribution in [1.82, 2.24) is 14.7 Å². The van der Waals surface area contributed by atoms with Crippen LogP contribution in [0, 0.1) is 6.92 Å². The molecule has 0 bridgehead atoms. The van der Waals surface area contributed by atoms with E-state index in [-0.39, 0.29) is 0 Å². The van der Waals surface area contributed by atoms with Crippen molar-refractivity contribution < 1.29 is 4.74 Å². The van der Waals surface area contributed by atoms with Gasteiger partial charge in [0, 0.05) is 39.3 Å². The van der Waals surface area contributed by atoms with Crippen molar-refractivity contribution in [3.63, 3.8) is 0 Å². The summed E-state index contributed by atoms with van der Waals surface area (Å²) in [5, 5.41) is 7.66. The molecule has 0 radical (unpaired) electrons. The van der Waals surface area contributed by atoms with Gasteiger partial charge in [-0.3, -0.25) is 9.58 Å². The zero-order valence-electron chi connectivity index (χ0n) is 10.3. The average molecular weight is 224 g/mol. The van der Waals surface area contributed by atoms with Crippen LogP contribution in [-0.2, 0) is 18.3 Å². The van der Waals surface area contributed by atoms with Gasteiger partial charge in [-0.2, -0.15) is 5.10 Å². The minimum Gasteiger partial charge on any atom is -0.379 e. The molecule has 0 unspecified atom stereocenters. The Morgan fingerprint density at radius 1 is 1.38 bits per heavy atom. The normalized spacial score (nSPS) is 17.7. The average Bonchev–Trinajstić information content (AvgIpc) is 2.55. The van der Waals surface area contributed by atoms with Gasteiger partial charge in [0.25, 0.3) is 0 Å². The molecule has 1 fully saturated rings. The van der Waals surface area contributed by atoms with Crippen molar-refractivity contribution in [2.75, 3.05) is 38.7 Å². The molecule has 2 heterocycles. The van der Waals surface area contributed by atoms with Crippen molar-refractivity contribution in [3.05, 3.63) is 11.3 Å². The maximum Gasteiger partial charge on any atom is 0.128 e. The van der Waals surface area contributed by atoms with Crippen molar-refractivity contribution in [2.45, 2.75) is 13.5 Å². The van der Waals surface area contributed by atoms with Crippen LogP contribution in [-0.4, -0.2) is 48.0 Å². The Hall–Kier alpha value is -1.07. The van der Waals surface area contributed by atoms with Crippen LogP contribution in [0.25, 0.3) is 0 Å². The molecular formula is C11H20N4O. The summed E-state index contributed by atoms with van der Waals surface area (Å²) in [6, 6.07) is 0. The Balaban J connectivity index is 2.13. The highest BCUT2D eigenvalue weighted by atomic mass is 16.5. The van der Waals surface area contributed by atoms with E-state index < -0.39 is 0 Å². The first-order chi connectivity index (χ1) is 7.72. The Bertz CT molecular complexity index is 355. The van der Waals surface area contributed by atoms with Crippen molar-refractivity contribution >= 4 is 5.82 Å². The molecule has 1 N–H and O–H groups in total. The summed E-state index contributed by atoms with van der Waals surface area (Å²) in [4.78, 5) is 2.41. The smallest absolute Gasteiger partial charge is 0.128 e. The highest BCUT2D eigenvalue weighted by molar-refractivity contribution is 5.46. The molecule has 0 saturated carbocycles. The predicted octanol–water partition coefficient (Wildman–Crippen LogP) is 0.602. The number of anilines is 1. The van der Waals surface area contributed by atoms with Crippen LogP contribution in [0.4, 0.5) is 5.82 Å². The minimum absolute atomic E-state index is 0.841. The van der Waals surface area contributed by atoms with Gasteiger partial charge in [-0.05, 0) is 6.92 Å². The maximum atomic E-state index is 5.35. The molecule has 1 saturated heterocycles. The molecule has 2 rings (SSSR count). The van der Waals surface area contributed by atoms with Gasteiger partial charge in [0.2, 0.25) is 0 Å². The SMILES string of the molecule is CNc1c(CN2CCOCC2)c(C)nn1C. The zero-order chi connectivity index (χ0) is 11.5. The minimum atomic E-state index is 0.841. The Labute approximate surface area is 96.4 Å². The van der Waals surface area contributed by atoms with Gasteiger partial charge >= 0.3 is 0 Å². The highest BCUT2D eigenvalue weighted by Gasteiger charge is 2.17. The first-order valence-corrected chi connectivity index (χ1v) is 5.72. The van der Waals surface area contributed by atoms with Gasteiger partial charge < -0.3 is 10.1 Å². The lowest BCUT2D eigenvalue weighted by Crippen LogP contribution is -2.35. The number of morpholine rings is 1. The third kappa shape index (κ3) is 2.20. The largest absolute Gasteiger partial charge is 0.379 e. The second kappa shape index (κ2) is 4.84. The summed E-state index contributed by atoms with van der Waals surface area (Å²) in [5.74, 6) is 1.11. The quantitative estimate of drug-likeness (QED) is 0.816. The van der Waals surface area contributed by atoms with Crippen LogP contribution < -0.4 is 5.32 Å². The standard InChI is InChI=1S/C11H20N4O/c1-9-10(11(12-2)14(3)13-9)8-15-4-6-16-7-5-15/h12H,4-8H2,1-3H3. The lowest BCUT2D eigenvalue weighted by atomic mass is 10.2. The summed E-state index contributed by atoms with van der Waals surface area (Å²) in [6.45, 7) is 6.73. The summed E-state index contributed by atoms with van der Waals surface area (Å²) >= 11 is 0. The highest BCUT2D eigenvalue weighted by Crippen LogP contribution is 2.20. The number of hydrogen-bond acceptors (Lipinski definition) is 4. The van der Waals surface area contributed by atoms with E-state index in [9.17, 15) is 0 Å². The van der Waals surface area contributed by atoms with Crippen LogP contribution in [0.3, 0.4) is 0 Å². The number of ether oxygens (including phenoxy) is 1. The van der Waals surface area contributed by atoms with Crippen molar-refractivity contribution in [1.29, 1.82) is 0 Å². The van der Waals surface area contributed by atoms with E-state index in [1.807, 2.05) is 18.8 Å². The van der Waals surface area contributed by atoms with E-state index in [2.05, 4.69) is 22.2 Å². The van der Waals surface area contributed by atoms with E-state index in [4.69, 9.17) is 4.74 Å². The second-order valence-corrected chi connectivity index (χ2v) is 4.17. The lowest BCUT2D eigenvalue weighted by molar-refractivity contribution is 0.0342. The summed E-state index contributed by atoms with van der Waals surface area (Å²) in [7, 11) is 3.92. The summed E-state index contributed by atoms with van der Waals surface area (Å²) in [6.07, 6.45) is 0. The Morgan fingerprint density at radius 3 is 2.69 bits per heavy atom. The zero-order valence-corrected chi connectivity index (χ0v) is 10.3. The molecule has 1 aromatic rings. The van der Waals surface area contributed by atoms with Gasteiger partial charge in [0.15, 0.2) is 0 Å². The molecule has 1 aromatic heterocycles. The Morgan fingerprint density at radius 2 is 2.06 bits per heavy atom. The van der Waals surface area contributed by atoms with E-state index in [1.165, 1.54) is 5.56 Å². The van der Waals surface area contributed by atoms with E-state index in [0.29, 0.717) is 0 Å².